The van der Waals surface area contributed by atoms with E-state index in [0.717, 1.165) is 12.8 Å². The number of nitrogens with one attached hydrogen (secondary N) is 1. The fourth-order valence-corrected chi connectivity index (χ4v) is 2.51. The number of halogens is 1. The number of benzene rings is 1. The number of anilines is 1. The highest BCUT2D eigenvalue weighted by Crippen LogP contribution is 2.38. The van der Waals surface area contributed by atoms with E-state index in [2.05, 4.69) is 9.68 Å². The summed E-state index contributed by atoms with van der Waals surface area (Å²) in [6.07, 6.45) is 4.59. The highest BCUT2D eigenvalue weighted by Gasteiger charge is 2.28. The fourth-order valence-electron chi connectivity index (χ4n) is 2.01. The minimum atomic E-state index is -2.52. The second-order valence-electron chi connectivity index (χ2n) is 5.88. The smallest absolute Gasteiger partial charge is 0.285 e. The van der Waals surface area contributed by atoms with Gasteiger partial charge < -0.3 is 5.32 Å². The number of hydrogen-bond acceptors (Lipinski definition) is 3. The maximum atomic E-state index is 13.9. The van der Waals surface area contributed by atoms with Gasteiger partial charge in [-0.15, -0.1) is 0 Å². The molecule has 0 unspecified atom stereocenters. The van der Waals surface area contributed by atoms with Crippen LogP contribution in [0.5, 0.6) is 0 Å². The lowest BCUT2D eigenvalue weighted by atomic mass is 10.1. The molecule has 1 saturated carbocycles. The van der Waals surface area contributed by atoms with Gasteiger partial charge in [0, 0.05) is 33.5 Å². The fraction of sp³-hybridized carbons (Fsp3) is 0.375. The summed E-state index contributed by atoms with van der Waals surface area (Å²) in [5.74, 6) is -1.95. The lowest BCUT2D eigenvalue weighted by Gasteiger charge is -2.06. The van der Waals surface area contributed by atoms with Crippen LogP contribution in [0.25, 0.3) is 0 Å². The largest absolute Gasteiger partial charge is 0.320 e. The standard InChI is InChI=1S/C16H19FN2O3S/c1-10(11-4-5-11)14(17)16(21)18-13-8-6-12(7-9-13)15(20)19-23(2,3)22/h6-9,11H,4-5H2,1-3H3,(H,18,21)/b14-10-. The molecule has 1 aromatic carbocycles. The van der Waals surface area contributed by atoms with E-state index in [1.54, 1.807) is 6.92 Å². The van der Waals surface area contributed by atoms with Crippen LogP contribution in [0.1, 0.15) is 30.1 Å². The summed E-state index contributed by atoms with van der Waals surface area (Å²) in [6.45, 7) is 1.63. The molecule has 0 spiro atoms. The molecule has 0 aliphatic heterocycles. The molecule has 0 bridgehead atoms. The van der Waals surface area contributed by atoms with Crippen LogP contribution < -0.4 is 5.32 Å². The quantitative estimate of drug-likeness (QED) is 0.857. The van der Waals surface area contributed by atoms with E-state index in [9.17, 15) is 18.2 Å². The van der Waals surface area contributed by atoms with Gasteiger partial charge >= 0.3 is 0 Å². The van der Waals surface area contributed by atoms with Crippen LogP contribution in [0.2, 0.25) is 0 Å². The van der Waals surface area contributed by atoms with Crippen LogP contribution in [0, 0.1) is 5.92 Å². The molecule has 2 rings (SSSR count). The highest BCUT2D eigenvalue weighted by molar-refractivity contribution is 7.92. The Morgan fingerprint density at radius 2 is 1.78 bits per heavy atom. The Morgan fingerprint density at radius 1 is 1.22 bits per heavy atom. The third-order valence-electron chi connectivity index (χ3n) is 3.43. The van der Waals surface area contributed by atoms with Crippen LogP contribution >= 0.6 is 0 Å². The van der Waals surface area contributed by atoms with E-state index < -0.39 is 27.4 Å². The number of rotatable bonds is 4. The van der Waals surface area contributed by atoms with E-state index in [4.69, 9.17) is 0 Å². The second kappa shape index (κ2) is 6.62. The molecule has 2 amide bonds. The zero-order chi connectivity index (χ0) is 17.2. The van der Waals surface area contributed by atoms with Crippen molar-refractivity contribution in [3.63, 3.8) is 0 Å². The zero-order valence-electron chi connectivity index (χ0n) is 13.3. The Bertz CT molecular complexity index is 778. The van der Waals surface area contributed by atoms with Crippen LogP contribution in [0.3, 0.4) is 0 Å². The molecular formula is C16H19FN2O3S. The lowest BCUT2D eigenvalue weighted by Crippen LogP contribution is -2.13. The minimum absolute atomic E-state index is 0.181. The molecule has 7 heteroatoms. The van der Waals surface area contributed by atoms with Gasteiger partial charge in [0.05, 0.1) is 0 Å². The molecule has 1 aromatic rings. The van der Waals surface area contributed by atoms with Crippen LogP contribution in [0.15, 0.2) is 40.0 Å². The normalized spacial score (nSPS) is 15.7. The molecule has 1 aliphatic carbocycles. The molecule has 0 saturated heterocycles. The molecule has 0 heterocycles. The van der Waals surface area contributed by atoms with Crippen LogP contribution in [0.4, 0.5) is 10.1 Å². The molecule has 0 aromatic heterocycles. The lowest BCUT2D eigenvalue weighted by molar-refractivity contribution is -0.114. The summed E-state index contributed by atoms with van der Waals surface area (Å²) >= 11 is 0. The van der Waals surface area contributed by atoms with Gasteiger partial charge in [0.15, 0.2) is 5.83 Å². The topological polar surface area (TPSA) is 75.6 Å². The molecule has 1 fully saturated rings. The zero-order valence-corrected chi connectivity index (χ0v) is 14.1. The number of hydrogen-bond donors (Lipinski definition) is 1. The van der Waals surface area contributed by atoms with E-state index in [0.29, 0.717) is 11.3 Å². The molecular weight excluding hydrogens is 319 g/mol. The monoisotopic (exact) mass is 338 g/mol. The van der Waals surface area contributed by atoms with Crippen molar-refractivity contribution in [2.45, 2.75) is 19.8 Å². The number of carbonyl (C=O) groups excluding carboxylic acids is 2. The first-order valence-corrected chi connectivity index (χ1v) is 9.49. The van der Waals surface area contributed by atoms with Crippen LogP contribution in [-0.2, 0) is 14.5 Å². The van der Waals surface area contributed by atoms with Crippen molar-refractivity contribution >= 4 is 27.2 Å². The number of amides is 2. The summed E-state index contributed by atoms with van der Waals surface area (Å²) in [5, 5.41) is 2.45. The van der Waals surface area contributed by atoms with E-state index in [-0.39, 0.29) is 11.5 Å². The Labute approximate surface area is 135 Å². The summed E-state index contributed by atoms with van der Waals surface area (Å²) in [5.41, 5.74) is 1.11. The maximum absolute atomic E-state index is 13.9. The Kier molecular flexibility index (Phi) is 4.99. The minimum Gasteiger partial charge on any atom is -0.320 e. The van der Waals surface area contributed by atoms with E-state index >= 15 is 0 Å². The van der Waals surface area contributed by atoms with Gasteiger partial charge in [-0.25, -0.2) is 8.60 Å². The van der Waals surface area contributed by atoms with Gasteiger partial charge in [0.25, 0.3) is 11.8 Å². The van der Waals surface area contributed by atoms with Crippen LogP contribution in [-0.4, -0.2) is 28.5 Å². The van der Waals surface area contributed by atoms with Gasteiger partial charge in [-0.2, -0.15) is 4.36 Å². The van der Waals surface area contributed by atoms with Crippen molar-refractivity contribution in [2.75, 3.05) is 17.8 Å². The first-order valence-electron chi connectivity index (χ1n) is 7.16. The van der Waals surface area contributed by atoms with Crippen molar-refractivity contribution in [1.82, 2.24) is 0 Å². The van der Waals surface area contributed by atoms with Crippen molar-refractivity contribution in [2.24, 2.45) is 10.3 Å². The Morgan fingerprint density at radius 3 is 2.26 bits per heavy atom. The van der Waals surface area contributed by atoms with Gasteiger partial charge in [-0.05, 0) is 55.5 Å². The number of carbonyl (C=O) groups is 2. The molecule has 5 nitrogen and oxygen atoms in total. The number of nitrogens with zero attached hydrogens (tertiary/aromatic N) is 1. The highest BCUT2D eigenvalue weighted by atomic mass is 32.2. The molecule has 1 aliphatic rings. The summed E-state index contributed by atoms with van der Waals surface area (Å²) in [6, 6.07) is 5.85. The predicted octanol–water partition coefficient (Wildman–Crippen LogP) is 3.15. The van der Waals surface area contributed by atoms with E-state index in [1.165, 1.54) is 36.8 Å². The molecule has 0 radical (unpaired) electrons. The molecule has 23 heavy (non-hydrogen) atoms. The van der Waals surface area contributed by atoms with Gasteiger partial charge in [-0.3, -0.25) is 9.59 Å². The predicted molar refractivity (Wildman–Crippen MR) is 88.4 cm³/mol. The Hall–Kier alpha value is -2.02. The van der Waals surface area contributed by atoms with Gasteiger partial charge in [0.1, 0.15) is 0 Å². The third-order valence-corrected chi connectivity index (χ3v) is 4.03. The first-order chi connectivity index (χ1) is 10.7. The average Bonchev–Trinajstić information content (AvgIpc) is 3.29. The molecule has 124 valence electrons. The van der Waals surface area contributed by atoms with Gasteiger partial charge in [0.2, 0.25) is 0 Å². The van der Waals surface area contributed by atoms with E-state index in [1.807, 2.05) is 0 Å². The third kappa shape index (κ3) is 4.99. The average molecular weight is 338 g/mol. The Balaban J connectivity index is 2.08. The second-order valence-corrected chi connectivity index (χ2v) is 8.43. The molecule has 1 N–H and O–H groups in total. The van der Waals surface area contributed by atoms with Gasteiger partial charge in [-0.1, -0.05) is 0 Å². The summed E-state index contributed by atoms with van der Waals surface area (Å²) in [4.78, 5) is 23.6. The summed E-state index contributed by atoms with van der Waals surface area (Å²) in [7, 11) is -2.52. The van der Waals surface area contributed by atoms with Crippen molar-refractivity contribution < 1.29 is 18.2 Å². The van der Waals surface area contributed by atoms with Crippen molar-refractivity contribution in [3.8, 4) is 0 Å². The van der Waals surface area contributed by atoms with Crippen molar-refractivity contribution in [3.05, 3.63) is 41.2 Å². The SMILES string of the molecule is C/C(=C(/F)C(=O)Nc1ccc(C(=O)N=S(C)(C)=O)cc1)C1CC1. The number of allylic oxidation sites excluding steroid dienone is 1. The molecule has 0 atom stereocenters. The maximum Gasteiger partial charge on any atom is 0.285 e. The van der Waals surface area contributed by atoms with Crippen molar-refractivity contribution in [1.29, 1.82) is 0 Å². The first kappa shape index (κ1) is 17.3. The summed E-state index contributed by atoms with van der Waals surface area (Å²) < 4.78 is 29.0.